The molecule has 0 saturated carbocycles. The van der Waals surface area contributed by atoms with E-state index in [2.05, 4.69) is 35.1 Å². The molecule has 4 nitrogen and oxygen atoms in total. The van der Waals surface area contributed by atoms with E-state index in [1.165, 1.54) is 0 Å². The monoisotopic (exact) mass is 357 g/mol. The van der Waals surface area contributed by atoms with E-state index in [4.69, 9.17) is 18.0 Å². The first-order valence-corrected chi connectivity index (χ1v) is 7.59. The number of carbonyl (C=O) groups excluding carboxylic acids is 1. The zero-order chi connectivity index (χ0) is 15.3. The minimum Gasteiger partial charge on any atom is -0.389 e. The Balaban J connectivity index is 2.82. The van der Waals surface area contributed by atoms with Crippen LogP contribution in [0, 0.1) is 5.92 Å². The molecule has 0 radical (unpaired) electrons. The Morgan fingerprint density at radius 3 is 2.70 bits per heavy atom. The van der Waals surface area contributed by atoms with E-state index in [1.807, 2.05) is 30.1 Å². The predicted molar refractivity (Wildman–Crippen MR) is 91.1 cm³/mol. The molecule has 1 aromatic carbocycles. The number of rotatable bonds is 6. The van der Waals surface area contributed by atoms with Gasteiger partial charge in [0.25, 0.3) is 0 Å². The normalized spacial score (nSPS) is 10.4. The maximum absolute atomic E-state index is 11.9. The predicted octanol–water partition coefficient (Wildman–Crippen LogP) is 2.29. The average molecular weight is 358 g/mol. The molecule has 0 aliphatic carbocycles. The summed E-state index contributed by atoms with van der Waals surface area (Å²) < 4.78 is 0.830. The van der Waals surface area contributed by atoms with Crippen LogP contribution in [-0.2, 0) is 4.79 Å². The molecule has 0 aromatic heterocycles. The molecular formula is C14H20BrN3OS. The van der Waals surface area contributed by atoms with Gasteiger partial charge in [-0.3, -0.25) is 4.79 Å². The lowest BCUT2D eigenvalue weighted by Gasteiger charge is -2.22. The third-order valence-corrected chi connectivity index (χ3v) is 3.60. The lowest BCUT2D eigenvalue weighted by molar-refractivity contribution is -0.119. The highest BCUT2D eigenvalue weighted by Gasteiger charge is 2.15. The molecule has 6 heteroatoms. The lowest BCUT2D eigenvalue weighted by Crippen LogP contribution is -2.37. The van der Waals surface area contributed by atoms with E-state index in [9.17, 15) is 4.79 Å². The van der Waals surface area contributed by atoms with Gasteiger partial charge in [-0.2, -0.15) is 0 Å². The van der Waals surface area contributed by atoms with Gasteiger partial charge in [0.1, 0.15) is 4.99 Å². The minimum absolute atomic E-state index is 0.0185. The molecular weight excluding hydrogens is 338 g/mol. The van der Waals surface area contributed by atoms with Gasteiger partial charge in [0, 0.05) is 29.3 Å². The van der Waals surface area contributed by atoms with Crippen molar-refractivity contribution in [3.05, 3.63) is 28.2 Å². The fourth-order valence-electron chi connectivity index (χ4n) is 1.75. The SMILES string of the molecule is CC(C)CNC(=O)CN(C)c1cccc(Br)c1C(N)=S. The van der Waals surface area contributed by atoms with Crippen LogP contribution in [0.2, 0.25) is 0 Å². The smallest absolute Gasteiger partial charge is 0.239 e. The van der Waals surface area contributed by atoms with Gasteiger partial charge in [0.05, 0.1) is 6.54 Å². The standard InChI is InChI=1S/C14H20BrN3OS/c1-9(2)7-17-12(19)8-18(3)11-6-4-5-10(15)13(11)14(16)20/h4-6,9H,7-8H2,1-3H3,(H2,16,20)(H,17,19). The summed E-state index contributed by atoms with van der Waals surface area (Å²) in [6.45, 7) is 5.05. The Labute approximate surface area is 133 Å². The lowest BCUT2D eigenvalue weighted by atomic mass is 10.1. The fourth-order valence-corrected chi connectivity index (χ4v) is 2.66. The van der Waals surface area contributed by atoms with Crippen LogP contribution in [0.1, 0.15) is 19.4 Å². The van der Waals surface area contributed by atoms with E-state index in [-0.39, 0.29) is 12.5 Å². The van der Waals surface area contributed by atoms with Crippen molar-refractivity contribution >= 4 is 44.7 Å². The molecule has 20 heavy (non-hydrogen) atoms. The highest BCUT2D eigenvalue weighted by Crippen LogP contribution is 2.27. The number of nitrogens with zero attached hydrogens (tertiary/aromatic N) is 1. The molecule has 110 valence electrons. The Morgan fingerprint density at radius 2 is 2.15 bits per heavy atom. The number of hydrogen-bond donors (Lipinski definition) is 2. The second-order valence-electron chi connectivity index (χ2n) is 5.05. The highest BCUT2D eigenvalue weighted by molar-refractivity contribution is 9.10. The molecule has 0 bridgehead atoms. The molecule has 0 aliphatic heterocycles. The van der Waals surface area contributed by atoms with Crippen LogP contribution in [-0.4, -0.2) is 31.0 Å². The van der Waals surface area contributed by atoms with Gasteiger partial charge in [0.15, 0.2) is 0 Å². The topological polar surface area (TPSA) is 58.4 Å². The molecule has 0 atom stereocenters. The van der Waals surface area contributed by atoms with Gasteiger partial charge >= 0.3 is 0 Å². The third kappa shape index (κ3) is 4.76. The zero-order valence-corrected chi connectivity index (χ0v) is 14.3. The Kier molecular flexibility index (Phi) is 6.42. The molecule has 1 amide bonds. The van der Waals surface area contributed by atoms with Gasteiger partial charge in [-0.05, 0) is 34.0 Å². The summed E-state index contributed by atoms with van der Waals surface area (Å²) in [5, 5.41) is 2.89. The van der Waals surface area contributed by atoms with E-state index in [1.54, 1.807) is 0 Å². The molecule has 3 N–H and O–H groups in total. The third-order valence-electron chi connectivity index (χ3n) is 2.74. The number of thiocarbonyl (C=S) groups is 1. The van der Waals surface area contributed by atoms with E-state index >= 15 is 0 Å². The number of nitrogens with one attached hydrogen (secondary N) is 1. The molecule has 1 rings (SSSR count). The Morgan fingerprint density at radius 1 is 1.50 bits per heavy atom. The van der Waals surface area contributed by atoms with Crippen molar-refractivity contribution in [2.75, 3.05) is 25.0 Å². The van der Waals surface area contributed by atoms with Gasteiger partial charge in [-0.25, -0.2) is 0 Å². The van der Waals surface area contributed by atoms with Gasteiger partial charge < -0.3 is 16.0 Å². The summed E-state index contributed by atoms with van der Waals surface area (Å²) in [4.78, 5) is 14.0. The number of hydrogen-bond acceptors (Lipinski definition) is 3. The molecule has 1 aromatic rings. The molecule has 0 unspecified atom stereocenters. The summed E-state index contributed by atoms with van der Waals surface area (Å²) in [5.41, 5.74) is 7.35. The van der Waals surface area contributed by atoms with E-state index in [0.717, 1.165) is 15.7 Å². The van der Waals surface area contributed by atoms with Crippen LogP contribution in [0.25, 0.3) is 0 Å². The zero-order valence-electron chi connectivity index (χ0n) is 11.9. The quantitative estimate of drug-likeness (QED) is 0.766. The number of nitrogens with two attached hydrogens (primary N) is 1. The van der Waals surface area contributed by atoms with Crippen molar-refractivity contribution in [2.45, 2.75) is 13.8 Å². The molecule has 0 aliphatic rings. The van der Waals surface area contributed by atoms with Crippen molar-refractivity contribution in [1.82, 2.24) is 5.32 Å². The van der Waals surface area contributed by atoms with Crippen molar-refractivity contribution < 1.29 is 4.79 Å². The molecule has 0 fully saturated rings. The molecule has 0 saturated heterocycles. The second-order valence-corrected chi connectivity index (χ2v) is 6.35. The summed E-state index contributed by atoms with van der Waals surface area (Å²) >= 11 is 8.51. The number of carbonyl (C=O) groups is 1. The van der Waals surface area contributed by atoms with Crippen LogP contribution >= 0.6 is 28.1 Å². The first-order valence-electron chi connectivity index (χ1n) is 6.39. The Bertz CT molecular complexity index is 505. The van der Waals surface area contributed by atoms with Crippen LogP contribution in [0.4, 0.5) is 5.69 Å². The van der Waals surface area contributed by atoms with Gasteiger partial charge in [-0.1, -0.05) is 32.1 Å². The average Bonchev–Trinajstić information content (AvgIpc) is 2.35. The summed E-state index contributed by atoms with van der Waals surface area (Å²) in [7, 11) is 1.85. The van der Waals surface area contributed by atoms with Crippen LogP contribution < -0.4 is 16.0 Å². The summed E-state index contributed by atoms with van der Waals surface area (Å²) in [5.74, 6) is 0.414. The number of halogens is 1. The van der Waals surface area contributed by atoms with E-state index < -0.39 is 0 Å². The minimum atomic E-state index is -0.0185. The van der Waals surface area contributed by atoms with Crippen molar-refractivity contribution in [3.8, 4) is 0 Å². The Hall–Kier alpha value is -1.14. The van der Waals surface area contributed by atoms with Crippen molar-refractivity contribution in [1.29, 1.82) is 0 Å². The van der Waals surface area contributed by atoms with Crippen LogP contribution in [0.15, 0.2) is 22.7 Å². The number of benzene rings is 1. The number of amides is 1. The number of anilines is 1. The van der Waals surface area contributed by atoms with Crippen molar-refractivity contribution in [2.24, 2.45) is 11.7 Å². The van der Waals surface area contributed by atoms with E-state index in [0.29, 0.717) is 17.5 Å². The highest BCUT2D eigenvalue weighted by atomic mass is 79.9. The summed E-state index contributed by atoms with van der Waals surface area (Å²) in [6, 6.07) is 5.67. The van der Waals surface area contributed by atoms with Crippen LogP contribution in [0.5, 0.6) is 0 Å². The molecule has 0 heterocycles. The fraction of sp³-hybridized carbons (Fsp3) is 0.429. The van der Waals surface area contributed by atoms with Gasteiger partial charge in [0.2, 0.25) is 5.91 Å². The van der Waals surface area contributed by atoms with Crippen LogP contribution in [0.3, 0.4) is 0 Å². The number of likely N-dealkylation sites (N-methyl/N-ethyl adjacent to an activating group) is 1. The first kappa shape index (κ1) is 16.9. The second kappa shape index (κ2) is 7.59. The first-order chi connectivity index (χ1) is 9.32. The van der Waals surface area contributed by atoms with Crippen molar-refractivity contribution in [3.63, 3.8) is 0 Å². The van der Waals surface area contributed by atoms with Gasteiger partial charge in [-0.15, -0.1) is 0 Å². The maximum Gasteiger partial charge on any atom is 0.239 e. The maximum atomic E-state index is 11.9. The largest absolute Gasteiger partial charge is 0.389 e. The molecule has 0 spiro atoms. The summed E-state index contributed by atoms with van der Waals surface area (Å²) in [6.07, 6.45) is 0.